The molecule has 2 aromatic carbocycles. The van der Waals surface area contributed by atoms with Crippen LogP contribution in [0.4, 0.5) is 0 Å². The lowest BCUT2D eigenvalue weighted by atomic mass is 9.92. The van der Waals surface area contributed by atoms with Crippen LogP contribution in [0.5, 0.6) is 17.2 Å². The summed E-state index contributed by atoms with van der Waals surface area (Å²) in [5, 5.41) is 0.599. The highest BCUT2D eigenvalue weighted by Crippen LogP contribution is 2.45. The number of ketones is 1. The summed E-state index contributed by atoms with van der Waals surface area (Å²) in [6.45, 7) is 0. The molecular formula is C18H17ClO4. The first-order valence-corrected chi connectivity index (χ1v) is 7.59. The van der Waals surface area contributed by atoms with Crippen molar-refractivity contribution in [3.8, 4) is 17.2 Å². The van der Waals surface area contributed by atoms with Crippen molar-refractivity contribution >= 4 is 17.4 Å². The van der Waals surface area contributed by atoms with Gasteiger partial charge in [-0.2, -0.15) is 0 Å². The van der Waals surface area contributed by atoms with E-state index in [-0.39, 0.29) is 11.7 Å². The predicted molar refractivity (Wildman–Crippen MR) is 88.3 cm³/mol. The molecule has 0 saturated heterocycles. The molecule has 0 N–H and O–H groups in total. The number of carbonyl (C=O) groups excluding carboxylic acids is 1. The molecule has 2 aromatic rings. The molecule has 0 radical (unpaired) electrons. The third-order valence-electron chi connectivity index (χ3n) is 4.19. The largest absolute Gasteiger partial charge is 0.496 e. The zero-order chi connectivity index (χ0) is 16.6. The maximum Gasteiger partial charge on any atom is 0.164 e. The number of hydrogen-bond acceptors (Lipinski definition) is 4. The molecule has 23 heavy (non-hydrogen) atoms. The van der Waals surface area contributed by atoms with Crippen LogP contribution in [-0.2, 0) is 0 Å². The highest BCUT2D eigenvalue weighted by atomic mass is 35.5. The quantitative estimate of drug-likeness (QED) is 0.846. The van der Waals surface area contributed by atoms with Gasteiger partial charge in [-0.05, 0) is 29.8 Å². The van der Waals surface area contributed by atoms with Gasteiger partial charge in [0.25, 0.3) is 0 Å². The summed E-state index contributed by atoms with van der Waals surface area (Å²) >= 11 is 6.03. The number of rotatable bonds is 4. The van der Waals surface area contributed by atoms with Crippen LogP contribution in [0.1, 0.15) is 33.8 Å². The fraction of sp³-hybridized carbons (Fsp3) is 0.278. The van der Waals surface area contributed by atoms with Crippen molar-refractivity contribution in [1.82, 2.24) is 0 Å². The standard InChI is InChI=1S/C18H17ClO4/c1-21-16-6-10(19)4-5-11(16)12-7-15(20)14-9-18(23-3)17(22-2)8-13(12)14/h4-6,8-9,12H,7H2,1-3H3. The van der Waals surface area contributed by atoms with Crippen LogP contribution < -0.4 is 14.2 Å². The topological polar surface area (TPSA) is 44.8 Å². The van der Waals surface area contributed by atoms with E-state index in [4.69, 9.17) is 25.8 Å². The first kappa shape index (κ1) is 15.7. The lowest BCUT2D eigenvalue weighted by Crippen LogP contribution is -2.01. The Bertz CT molecular complexity index is 770. The lowest BCUT2D eigenvalue weighted by Gasteiger charge is -2.17. The first-order chi connectivity index (χ1) is 11.1. The molecule has 0 aromatic heterocycles. The van der Waals surface area contributed by atoms with Crippen LogP contribution in [0.15, 0.2) is 30.3 Å². The lowest BCUT2D eigenvalue weighted by molar-refractivity contribution is 0.0991. The molecule has 0 bridgehead atoms. The summed E-state index contributed by atoms with van der Waals surface area (Å²) in [6.07, 6.45) is 0.393. The Hall–Kier alpha value is -2.20. The van der Waals surface area contributed by atoms with E-state index in [2.05, 4.69) is 0 Å². The number of carbonyl (C=O) groups is 1. The van der Waals surface area contributed by atoms with Gasteiger partial charge < -0.3 is 14.2 Å². The van der Waals surface area contributed by atoms with Gasteiger partial charge in [-0.3, -0.25) is 4.79 Å². The minimum absolute atomic E-state index is 0.0791. The predicted octanol–water partition coefficient (Wildman–Crippen LogP) is 4.08. The number of methoxy groups -OCH3 is 3. The highest BCUT2D eigenvalue weighted by Gasteiger charge is 2.33. The van der Waals surface area contributed by atoms with Crippen LogP contribution in [0.2, 0.25) is 5.02 Å². The molecule has 0 spiro atoms. The second-order valence-electron chi connectivity index (χ2n) is 5.36. The minimum atomic E-state index is -0.0791. The van der Waals surface area contributed by atoms with E-state index in [9.17, 15) is 4.79 Å². The molecular weight excluding hydrogens is 316 g/mol. The molecule has 0 aliphatic heterocycles. The third-order valence-corrected chi connectivity index (χ3v) is 4.43. The Morgan fingerprint density at radius 3 is 2.22 bits per heavy atom. The van der Waals surface area contributed by atoms with Gasteiger partial charge in [0.05, 0.1) is 21.3 Å². The molecule has 1 aliphatic rings. The molecule has 0 fully saturated rings. The normalized spacial score (nSPS) is 16.2. The Labute approximate surface area is 139 Å². The Balaban J connectivity index is 2.15. The van der Waals surface area contributed by atoms with Crippen molar-refractivity contribution in [2.45, 2.75) is 12.3 Å². The summed E-state index contributed by atoms with van der Waals surface area (Å²) in [5.41, 5.74) is 2.54. The first-order valence-electron chi connectivity index (χ1n) is 7.21. The van der Waals surface area contributed by atoms with E-state index in [1.54, 1.807) is 33.5 Å². The maximum absolute atomic E-state index is 12.4. The van der Waals surface area contributed by atoms with Crippen molar-refractivity contribution in [3.63, 3.8) is 0 Å². The molecule has 3 rings (SSSR count). The molecule has 0 saturated carbocycles. The van der Waals surface area contributed by atoms with Gasteiger partial charge in [-0.1, -0.05) is 17.7 Å². The molecule has 5 heteroatoms. The van der Waals surface area contributed by atoms with E-state index in [1.807, 2.05) is 18.2 Å². The Morgan fingerprint density at radius 1 is 0.913 bits per heavy atom. The number of Topliss-reactive ketones (excluding diaryl/α,β-unsaturated/α-hetero) is 1. The van der Waals surface area contributed by atoms with Gasteiger partial charge in [0, 0.05) is 28.5 Å². The minimum Gasteiger partial charge on any atom is -0.496 e. The van der Waals surface area contributed by atoms with Gasteiger partial charge in [-0.15, -0.1) is 0 Å². The van der Waals surface area contributed by atoms with Crippen LogP contribution in [0.3, 0.4) is 0 Å². The fourth-order valence-corrected chi connectivity index (χ4v) is 3.24. The van der Waals surface area contributed by atoms with E-state index >= 15 is 0 Å². The zero-order valence-corrected chi connectivity index (χ0v) is 13.9. The SMILES string of the molecule is COc1cc2c(cc1OC)C(c1ccc(Cl)cc1OC)CC2=O. The summed E-state index contributed by atoms with van der Waals surface area (Å²) in [6, 6.07) is 9.10. The van der Waals surface area contributed by atoms with Gasteiger partial charge in [0.15, 0.2) is 17.3 Å². The number of ether oxygens (including phenoxy) is 3. The monoisotopic (exact) mass is 332 g/mol. The average Bonchev–Trinajstić information content (AvgIpc) is 2.89. The van der Waals surface area contributed by atoms with Crippen molar-refractivity contribution in [2.75, 3.05) is 21.3 Å². The Morgan fingerprint density at radius 2 is 1.57 bits per heavy atom. The average molecular weight is 333 g/mol. The van der Waals surface area contributed by atoms with Crippen LogP contribution in [0.25, 0.3) is 0 Å². The summed E-state index contributed by atoms with van der Waals surface area (Å²) in [4.78, 5) is 12.4. The molecule has 1 aliphatic carbocycles. The highest BCUT2D eigenvalue weighted by molar-refractivity contribution is 6.30. The molecule has 0 heterocycles. The molecule has 120 valence electrons. The number of hydrogen-bond donors (Lipinski definition) is 0. The molecule has 4 nitrogen and oxygen atoms in total. The van der Waals surface area contributed by atoms with Gasteiger partial charge in [0.1, 0.15) is 5.75 Å². The van der Waals surface area contributed by atoms with E-state index < -0.39 is 0 Å². The Kier molecular flexibility index (Phi) is 4.18. The van der Waals surface area contributed by atoms with Crippen molar-refractivity contribution in [1.29, 1.82) is 0 Å². The smallest absolute Gasteiger partial charge is 0.164 e. The van der Waals surface area contributed by atoms with Crippen LogP contribution >= 0.6 is 11.6 Å². The van der Waals surface area contributed by atoms with Crippen LogP contribution in [-0.4, -0.2) is 27.1 Å². The second kappa shape index (κ2) is 6.13. The number of benzene rings is 2. The molecule has 0 amide bonds. The van der Waals surface area contributed by atoms with Crippen molar-refractivity contribution in [3.05, 3.63) is 52.0 Å². The van der Waals surface area contributed by atoms with Gasteiger partial charge in [-0.25, -0.2) is 0 Å². The molecule has 1 atom stereocenters. The fourth-order valence-electron chi connectivity index (χ4n) is 3.08. The van der Waals surface area contributed by atoms with E-state index in [0.29, 0.717) is 34.3 Å². The van der Waals surface area contributed by atoms with Gasteiger partial charge >= 0.3 is 0 Å². The maximum atomic E-state index is 12.4. The third kappa shape index (κ3) is 2.63. The molecule has 1 unspecified atom stereocenters. The van der Waals surface area contributed by atoms with Crippen molar-refractivity contribution < 1.29 is 19.0 Å². The number of halogens is 1. The van der Waals surface area contributed by atoms with E-state index in [0.717, 1.165) is 11.1 Å². The van der Waals surface area contributed by atoms with Crippen LogP contribution in [0, 0.1) is 0 Å². The van der Waals surface area contributed by atoms with Crippen molar-refractivity contribution in [2.24, 2.45) is 0 Å². The second-order valence-corrected chi connectivity index (χ2v) is 5.80. The summed E-state index contributed by atoms with van der Waals surface area (Å²) in [7, 11) is 4.74. The zero-order valence-electron chi connectivity index (χ0n) is 13.2. The van der Waals surface area contributed by atoms with Gasteiger partial charge in [0.2, 0.25) is 0 Å². The summed E-state index contributed by atoms with van der Waals surface area (Å²) < 4.78 is 16.1. The number of fused-ring (bicyclic) bond motifs is 1. The summed E-state index contributed by atoms with van der Waals surface area (Å²) in [5.74, 6) is 1.85. The van der Waals surface area contributed by atoms with E-state index in [1.165, 1.54) is 0 Å².